The molecular formula is C15H27N5O. The lowest BCUT2D eigenvalue weighted by atomic mass is 9.98. The number of aromatic nitrogens is 2. The Hall–Kier alpha value is -1.56. The minimum Gasteiger partial charge on any atom is -0.338 e. The summed E-state index contributed by atoms with van der Waals surface area (Å²) in [5.74, 6) is 1.76. The third-order valence-electron chi connectivity index (χ3n) is 4.10. The molecule has 2 rings (SSSR count). The zero-order valence-electron chi connectivity index (χ0n) is 13.2. The van der Waals surface area contributed by atoms with Gasteiger partial charge >= 0.3 is 6.03 Å². The number of rotatable bonds is 5. The number of nitrogens with zero attached hydrogens (tertiary/aromatic N) is 2. The monoisotopic (exact) mass is 293 g/mol. The summed E-state index contributed by atoms with van der Waals surface area (Å²) >= 11 is 0. The number of nitrogens with one attached hydrogen (secondary N) is 3. The first kappa shape index (κ1) is 15.8. The molecule has 0 radical (unpaired) electrons. The predicted molar refractivity (Wildman–Crippen MR) is 82.9 cm³/mol. The van der Waals surface area contributed by atoms with E-state index < -0.39 is 0 Å². The van der Waals surface area contributed by atoms with E-state index in [1.165, 1.54) is 0 Å². The molecule has 6 heteroatoms. The zero-order chi connectivity index (χ0) is 15.2. The van der Waals surface area contributed by atoms with Gasteiger partial charge in [0, 0.05) is 26.0 Å². The molecule has 1 atom stereocenters. The highest BCUT2D eigenvalue weighted by Crippen LogP contribution is 2.19. The molecule has 118 valence electrons. The van der Waals surface area contributed by atoms with Crippen LogP contribution < -0.4 is 16.0 Å². The summed E-state index contributed by atoms with van der Waals surface area (Å²) in [6.45, 7) is 7.03. The van der Waals surface area contributed by atoms with Gasteiger partial charge in [-0.15, -0.1) is 0 Å². The number of hydrogen-bond acceptors (Lipinski definition) is 3. The Morgan fingerprint density at radius 3 is 2.76 bits per heavy atom. The molecule has 1 saturated heterocycles. The maximum atomic E-state index is 12.1. The van der Waals surface area contributed by atoms with Crippen LogP contribution in [0.25, 0.3) is 0 Å². The highest BCUT2D eigenvalue weighted by Gasteiger charge is 2.22. The third-order valence-corrected chi connectivity index (χ3v) is 4.10. The fourth-order valence-corrected chi connectivity index (χ4v) is 2.72. The van der Waals surface area contributed by atoms with E-state index in [0.717, 1.165) is 38.3 Å². The Labute approximate surface area is 126 Å². The van der Waals surface area contributed by atoms with Crippen molar-refractivity contribution in [2.24, 2.45) is 18.9 Å². The number of aryl methyl sites for hydroxylation is 1. The predicted octanol–water partition coefficient (Wildman–Crippen LogP) is 1.42. The molecule has 21 heavy (non-hydrogen) atoms. The second-order valence-electron chi connectivity index (χ2n) is 6.17. The molecule has 0 aromatic carbocycles. The van der Waals surface area contributed by atoms with Crippen molar-refractivity contribution in [1.29, 1.82) is 0 Å². The lowest BCUT2D eigenvalue weighted by Crippen LogP contribution is -2.43. The van der Waals surface area contributed by atoms with Gasteiger partial charge in [-0.2, -0.15) is 0 Å². The number of piperidine rings is 1. The zero-order valence-corrected chi connectivity index (χ0v) is 13.2. The van der Waals surface area contributed by atoms with E-state index >= 15 is 0 Å². The van der Waals surface area contributed by atoms with Crippen LogP contribution in [-0.4, -0.2) is 35.2 Å². The fourth-order valence-electron chi connectivity index (χ4n) is 2.72. The van der Waals surface area contributed by atoms with Crippen molar-refractivity contribution in [3.8, 4) is 0 Å². The van der Waals surface area contributed by atoms with Gasteiger partial charge in [0.25, 0.3) is 0 Å². The van der Waals surface area contributed by atoms with Crippen molar-refractivity contribution in [2.75, 3.05) is 19.6 Å². The average molecular weight is 293 g/mol. The maximum Gasteiger partial charge on any atom is 0.315 e. The Bertz CT molecular complexity index is 451. The van der Waals surface area contributed by atoms with Crippen LogP contribution in [0.3, 0.4) is 0 Å². The number of amides is 2. The van der Waals surface area contributed by atoms with Crippen LogP contribution in [0.1, 0.15) is 38.6 Å². The summed E-state index contributed by atoms with van der Waals surface area (Å²) in [6.07, 6.45) is 5.93. The van der Waals surface area contributed by atoms with Crippen molar-refractivity contribution in [1.82, 2.24) is 25.5 Å². The Kier molecular flexibility index (Phi) is 5.61. The van der Waals surface area contributed by atoms with Gasteiger partial charge in [0.05, 0.1) is 6.04 Å². The number of urea groups is 1. The summed E-state index contributed by atoms with van der Waals surface area (Å²) in [6, 6.07) is -0.173. The first-order chi connectivity index (χ1) is 10.1. The number of carbonyl (C=O) groups is 1. The third kappa shape index (κ3) is 4.46. The smallest absolute Gasteiger partial charge is 0.315 e. The van der Waals surface area contributed by atoms with Gasteiger partial charge in [-0.05, 0) is 37.8 Å². The molecule has 1 fully saturated rings. The molecule has 0 aliphatic carbocycles. The molecule has 1 aromatic rings. The van der Waals surface area contributed by atoms with Crippen molar-refractivity contribution in [3.05, 3.63) is 18.2 Å². The second-order valence-corrected chi connectivity index (χ2v) is 6.17. The molecule has 2 amide bonds. The normalized spacial score (nSPS) is 17.7. The minimum atomic E-state index is -0.102. The average Bonchev–Trinajstić information content (AvgIpc) is 2.89. The van der Waals surface area contributed by atoms with E-state index in [4.69, 9.17) is 0 Å². The lowest BCUT2D eigenvalue weighted by molar-refractivity contribution is 0.228. The molecule has 6 nitrogen and oxygen atoms in total. The van der Waals surface area contributed by atoms with Crippen molar-refractivity contribution in [2.45, 2.75) is 32.7 Å². The van der Waals surface area contributed by atoms with Crippen molar-refractivity contribution < 1.29 is 4.79 Å². The minimum absolute atomic E-state index is 0.0713. The van der Waals surface area contributed by atoms with Gasteiger partial charge in [-0.1, -0.05) is 13.8 Å². The number of carbonyl (C=O) groups excluding carboxylic acids is 1. The second kappa shape index (κ2) is 7.45. The maximum absolute atomic E-state index is 12.1. The summed E-state index contributed by atoms with van der Waals surface area (Å²) in [5.41, 5.74) is 0. The molecule has 3 N–H and O–H groups in total. The molecule has 1 aliphatic heterocycles. The first-order valence-corrected chi connectivity index (χ1v) is 7.80. The molecule has 0 spiro atoms. The van der Waals surface area contributed by atoms with E-state index in [2.05, 4.69) is 34.8 Å². The Morgan fingerprint density at radius 2 is 2.19 bits per heavy atom. The number of hydrogen-bond donors (Lipinski definition) is 3. The highest BCUT2D eigenvalue weighted by atomic mass is 16.2. The van der Waals surface area contributed by atoms with E-state index in [-0.39, 0.29) is 18.0 Å². The van der Waals surface area contributed by atoms with Crippen LogP contribution in [0.5, 0.6) is 0 Å². The van der Waals surface area contributed by atoms with Gasteiger partial charge in [0.1, 0.15) is 5.82 Å². The highest BCUT2D eigenvalue weighted by molar-refractivity contribution is 5.74. The molecule has 1 aliphatic rings. The first-order valence-electron chi connectivity index (χ1n) is 7.80. The fraction of sp³-hybridized carbons (Fsp3) is 0.733. The lowest BCUT2D eigenvalue weighted by Gasteiger charge is -2.25. The van der Waals surface area contributed by atoms with E-state index in [1.807, 2.05) is 17.8 Å². The largest absolute Gasteiger partial charge is 0.338 e. The van der Waals surface area contributed by atoms with Crippen LogP contribution in [-0.2, 0) is 7.05 Å². The molecular weight excluding hydrogens is 266 g/mol. The van der Waals surface area contributed by atoms with E-state index in [1.54, 1.807) is 6.20 Å². The topological polar surface area (TPSA) is 71.0 Å². The van der Waals surface area contributed by atoms with E-state index in [0.29, 0.717) is 5.92 Å². The van der Waals surface area contributed by atoms with Gasteiger partial charge in [0.15, 0.2) is 0 Å². The number of imidazole rings is 1. The van der Waals surface area contributed by atoms with Crippen LogP contribution in [0, 0.1) is 11.8 Å². The van der Waals surface area contributed by atoms with Crippen molar-refractivity contribution >= 4 is 6.03 Å². The Balaban J connectivity index is 1.85. The summed E-state index contributed by atoms with van der Waals surface area (Å²) in [5, 5.41) is 9.39. The van der Waals surface area contributed by atoms with Crippen LogP contribution in [0.4, 0.5) is 4.79 Å². The quantitative estimate of drug-likeness (QED) is 0.769. The molecule has 0 saturated carbocycles. The van der Waals surface area contributed by atoms with Crippen LogP contribution in [0.15, 0.2) is 12.4 Å². The SMILES string of the molecule is CC(C)[C@H](NC(=O)NCC1CCNCC1)c1nccn1C. The molecule has 0 unspecified atom stereocenters. The van der Waals surface area contributed by atoms with Crippen molar-refractivity contribution in [3.63, 3.8) is 0 Å². The standard InChI is InChI=1S/C15H27N5O/c1-11(2)13(14-17-8-9-20(14)3)19-15(21)18-10-12-4-6-16-7-5-12/h8-9,11-13,16H,4-7,10H2,1-3H3,(H2,18,19,21)/t13-/m0/s1. The summed E-state index contributed by atoms with van der Waals surface area (Å²) in [4.78, 5) is 16.5. The van der Waals surface area contributed by atoms with Crippen LogP contribution >= 0.6 is 0 Å². The Morgan fingerprint density at radius 1 is 1.48 bits per heavy atom. The molecule has 0 bridgehead atoms. The summed E-state index contributed by atoms with van der Waals surface area (Å²) < 4.78 is 1.96. The molecule has 2 heterocycles. The summed E-state index contributed by atoms with van der Waals surface area (Å²) in [7, 11) is 1.95. The van der Waals surface area contributed by atoms with Gasteiger partial charge in [0.2, 0.25) is 0 Å². The van der Waals surface area contributed by atoms with Crippen LogP contribution in [0.2, 0.25) is 0 Å². The van der Waals surface area contributed by atoms with Gasteiger partial charge in [-0.25, -0.2) is 9.78 Å². The molecule has 1 aromatic heterocycles. The van der Waals surface area contributed by atoms with E-state index in [9.17, 15) is 4.79 Å². The van der Waals surface area contributed by atoms with Gasteiger partial charge < -0.3 is 20.5 Å². The van der Waals surface area contributed by atoms with Gasteiger partial charge in [-0.3, -0.25) is 0 Å².